The monoisotopic (exact) mass is 600 g/mol. The molecule has 0 amide bonds. The third kappa shape index (κ3) is 13.3. The summed E-state index contributed by atoms with van der Waals surface area (Å²) in [6, 6.07) is 22.8. The van der Waals surface area contributed by atoms with E-state index >= 15 is 0 Å². The smallest absolute Gasteiger partial charge is 0.237 e. The molecule has 44 heavy (non-hydrogen) atoms. The van der Waals surface area contributed by atoms with Crippen LogP contribution >= 0.6 is 0 Å². The van der Waals surface area contributed by atoms with Crippen LogP contribution in [0.3, 0.4) is 0 Å². The standard InChI is InChI=1S/C42H67N2/c1-4-6-8-9-10-11-12-13-14-15-16-17-18-19-20-28-34-43-35-36-44(38-43)41(33-23-7-5-2)42(3,40-31-26-22-27-32-40)37-39-29-24-21-25-30-39/h21-22,24-27,29-32,35-36,38,41H,4-20,23,28,33-34,37H2,1-3H3/q+1. The minimum atomic E-state index is 0.0153. The van der Waals surface area contributed by atoms with Crippen molar-refractivity contribution < 1.29 is 4.57 Å². The van der Waals surface area contributed by atoms with Crippen LogP contribution in [0, 0.1) is 0 Å². The first-order chi connectivity index (χ1) is 21.7. The summed E-state index contributed by atoms with van der Waals surface area (Å²) in [6.45, 7) is 8.26. The molecule has 2 aromatic carbocycles. The zero-order valence-corrected chi connectivity index (χ0v) is 29.0. The van der Waals surface area contributed by atoms with Crippen LogP contribution < -0.4 is 4.57 Å². The van der Waals surface area contributed by atoms with Gasteiger partial charge in [-0.3, -0.25) is 0 Å². The molecule has 0 bridgehead atoms. The zero-order valence-electron chi connectivity index (χ0n) is 29.0. The van der Waals surface area contributed by atoms with E-state index in [0.29, 0.717) is 6.04 Å². The lowest BCUT2D eigenvalue weighted by molar-refractivity contribution is -0.697. The maximum atomic E-state index is 2.55. The predicted molar refractivity (Wildman–Crippen MR) is 191 cm³/mol. The van der Waals surface area contributed by atoms with Crippen LogP contribution in [0.1, 0.15) is 166 Å². The Morgan fingerprint density at radius 2 is 1.07 bits per heavy atom. The minimum Gasteiger partial charge on any atom is -0.237 e. The highest BCUT2D eigenvalue weighted by atomic mass is 15.1. The Balaban J connectivity index is 1.43. The largest absolute Gasteiger partial charge is 0.244 e. The molecular formula is C42H67N2+. The van der Waals surface area contributed by atoms with Gasteiger partial charge in [-0.2, -0.15) is 0 Å². The van der Waals surface area contributed by atoms with Gasteiger partial charge in [0, 0.05) is 5.41 Å². The molecule has 0 fully saturated rings. The van der Waals surface area contributed by atoms with Gasteiger partial charge in [-0.05, 0) is 43.2 Å². The van der Waals surface area contributed by atoms with Crippen molar-refractivity contribution in [3.05, 3.63) is 90.5 Å². The number of rotatable bonds is 26. The topological polar surface area (TPSA) is 8.81 Å². The normalized spacial score (nSPS) is 13.6. The molecule has 1 aromatic heterocycles. The van der Waals surface area contributed by atoms with E-state index in [4.69, 9.17) is 0 Å². The molecule has 2 heteroatoms. The van der Waals surface area contributed by atoms with Crippen molar-refractivity contribution in [2.45, 2.75) is 174 Å². The van der Waals surface area contributed by atoms with E-state index in [0.717, 1.165) is 13.0 Å². The average molecular weight is 600 g/mol. The Morgan fingerprint density at radius 3 is 1.61 bits per heavy atom. The van der Waals surface area contributed by atoms with Gasteiger partial charge in [0.15, 0.2) is 0 Å². The summed E-state index contributed by atoms with van der Waals surface area (Å²) in [5, 5.41) is 0. The molecule has 0 aliphatic rings. The van der Waals surface area contributed by atoms with Crippen molar-refractivity contribution in [1.82, 2.24) is 4.57 Å². The van der Waals surface area contributed by atoms with Crippen molar-refractivity contribution in [3.63, 3.8) is 0 Å². The fraction of sp³-hybridized carbons (Fsp3) is 0.643. The lowest BCUT2D eigenvalue weighted by Gasteiger charge is -2.37. The van der Waals surface area contributed by atoms with Crippen LogP contribution in [0.5, 0.6) is 0 Å². The predicted octanol–water partition coefficient (Wildman–Crippen LogP) is 12.4. The molecule has 1 heterocycles. The van der Waals surface area contributed by atoms with E-state index in [-0.39, 0.29) is 5.41 Å². The summed E-state index contributed by atoms with van der Waals surface area (Å²) < 4.78 is 5.00. The number of aryl methyl sites for hydroxylation is 1. The van der Waals surface area contributed by atoms with Crippen LogP contribution in [0.4, 0.5) is 0 Å². The number of aromatic nitrogens is 2. The molecule has 0 aliphatic carbocycles. The third-order valence-corrected chi connectivity index (χ3v) is 10.0. The van der Waals surface area contributed by atoms with Gasteiger partial charge in [-0.15, -0.1) is 0 Å². The van der Waals surface area contributed by atoms with Gasteiger partial charge in [0.1, 0.15) is 18.4 Å². The molecule has 0 saturated carbocycles. The Kier molecular flexibility index (Phi) is 18.2. The first kappa shape index (κ1) is 36.1. The number of benzene rings is 2. The summed E-state index contributed by atoms with van der Waals surface area (Å²) in [5.74, 6) is 0. The molecule has 2 atom stereocenters. The Morgan fingerprint density at radius 1 is 0.591 bits per heavy atom. The van der Waals surface area contributed by atoms with Gasteiger partial charge in [-0.25, -0.2) is 9.13 Å². The molecular weight excluding hydrogens is 532 g/mol. The van der Waals surface area contributed by atoms with E-state index < -0.39 is 0 Å². The van der Waals surface area contributed by atoms with Gasteiger partial charge < -0.3 is 0 Å². The number of hydrogen-bond acceptors (Lipinski definition) is 0. The third-order valence-electron chi connectivity index (χ3n) is 10.0. The second-order valence-corrected chi connectivity index (χ2v) is 13.9. The highest BCUT2D eigenvalue weighted by Gasteiger charge is 2.40. The average Bonchev–Trinajstić information content (AvgIpc) is 3.52. The van der Waals surface area contributed by atoms with Gasteiger partial charge in [0.2, 0.25) is 6.33 Å². The van der Waals surface area contributed by atoms with Crippen molar-refractivity contribution in [3.8, 4) is 0 Å². The Hall–Kier alpha value is -2.35. The van der Waals surface area contributed by atoms with E-state index in [1.165, 1.54) is 140 Å². The maximum absolute atomic E-state index is 2.55. The lowest BCUT2D eigenvalue weighted by Crippen LogP contribution is -2.38. The Labute approximate surface area is 272 Å². The molecule has 0 N–H and O–H groups in total. The number of imidazole rings is 1. The molecule has 0 spiro atoms. The lowest BCUT2D eigenvalue weighted by atomic mass is 9.70. The maximum Gasteiger partial charge on any atom is 0.244 e. The SMILES string of the molecule is CCCCCCCCCCCCCCCCCC[n+]1ccn(C(CCCCC)C(C)(Cc2ccccc2)c2ccccc2)c1. The second-order valence-electron chi connectivity index (χ2n) is 13.9. The van der Waals surface area contributed by atoms with E-state index in [1.807, 2.05) is 0 Å². The summed E-state index contributed by atoms with van der Waals surface area (Å²) in [6.07, 6.45) is 35.9. The molecule has 2 unspecified atom stereocenters. The summed E-state index contributed by atoms with van der Waals surface area (Å²) in [4.78, 5) is 0. The van der Waals surface area contributed by atoms with Crippen LogP contribution in [-0.2, 0) is 18.4 Å². The van der Waals surface area contributed by atoms with Gasteiger partial charge in [0.25, 0.3) is 0 Å². The summed E-state index contributed by atoms with van der Waals surface area (Å²) in [7, 11) is 0. The van der Waals surface area contributed by atoms with Crippen LogP contribution in [0.25, 0.3) is 0 Å². The molecule has 0 radical (unpaired) electrons. The van der Waals surface area contributed by atoms with Crippen molar-refractivity contribution in [2.24, 2.45) is 0 Å². The fourth-order valence-electron chi connectivity index (χ4n) is 7.21. The number of hydrogen-bond donors (Lipinski definition) is 0. The molecule has 0 saturated heterocycles. The van der Waals surface area contributed by atoms with Gasteiger partial charge >= 0.3 is 0 Å². The Bertz CT molecular complexity index is 1070. The molecule has 0 aliphatic heterocycles. The van der Waals surface area contributed by atoms with E-state index in [1.54, 1.807) is 0 Å². The minimum absolute atomic E-state index is 0.0153. The first-order valence-electron chi connectivity index (χ1n) is 18.8. The fourth-order valence-corrected chi connectivity index (χ4v) is 7.21. The van der Waals surface area contributed by atoms with Crippen molar-refractivity contribution >= 4 is 0 Å². The van der Waals surface area contributed by atoms with Crippen LogP contribution in [0.2, 0.25) is 0 Å². The highest BCUT2D eigenvalue weighted by molar-refractivity contribution is 5.30. The van der Waals surface area contributed by atoms with Gasteiger partial charge in [0.05, 0.1) is 6.54 Å². The van der Waals surface area contributed by atoms with Crippen LogP contribution in [0.15, 0.2) is 79.4 Å². The summed E-state index contributed by atoms with van der Waals surface area (Å²) >= 11 is 0. The molecule has 3 aromatic rings. The summed E-state index contributed by atoms with van der Waals surface area (Å²) in [5.41, 5.74) is 2.89. The number of nitrogens with zero attached hydrogens (tertiary/aromatic N) is 2. The number of unbranched alkanes of at least 4 members (excludes halogenated alkanes) is 17. The van der Waals surface area contributed by atoms with Crippen molar-refractivity contribution in [2.75, 3.05) is 0 Å². The van der Waals surface area contributed by atoms with Crippen LogP contribution in [-0.4, -0.2) is 4.57 Å². The van der Waals surface area contributed by atoms with E-state index in [9.17, 15) is 0 Å². The highest BCUT2D eigenvalue weighted by Crippen LogP contribution is 2.41. The molecule has 2 nitrogen and oxygen atoms in total. The van der Waals surface area contributed by atoms with Gasteiger partial charge in [-0.1, -0.05) is 184 Å². The quantitative estimate of drug-likeness (QED) is 0.0641. The zero-order chi connectivity index (χ0) is 31.1. The van der Waals surface area contributed by atoms with E-state index in [2.05, 4.69) is 109 Å². The second kappa shape index (κ2) is 22.2. The van der Waals surface area contributed by atoms with Crippen molar-refractivity contribution in [1.29, 1.82) is 0 Å². The molecule has 244 valence electrons. The first-order valence-corrected chi connectivity index (χ1v) is 18.8. The molecule has 3 rings (SSSR count).